The van der Waals surface area contributed by atoms with Gasteiger partial charge < -0.3 is 52.5 Å². The van der Waals surface area contributed by atoms with E-state index in [1.807, 2.05) is 107 Å². The summed E-state index contributed by atoms with van der Waals surface area (Å²) in [6.07, 6.45) is 7.93. The monoisotopic (exact) mass is 799 g/mol. The summed E-state index contributed by atoms with van der Waals surface area (Å²) in [5, 5.41) is 11.5. The molecule has 12 nitrogen and oxygen atoms in total. The molecule has 14 unspecified atom stereocenters. The van der Waals surface area contributed by atoms with Crippen LogP contribution in [0.15, 0.2) is 36.0 Å². The van der Waals surface area contributed by atoms with Crippen molar-refractivity contribution in [2.45, 2.75) is 202 Å². The third kappa shape index (κ3) is 17.3. The van der Waals surface area contributed by atoms with Gasteiger partial charge >= 0.3 is 5.97 Å². The van der Waals surface area contributed by atoms with Crippen molar-refractivity contribution in [2.75, 3.05) is 26.4 Å². The second-order valence-electron chi connectivity index (χ2n) is 15.6. The molecule has 56 heavy (non-hydrogen) atoms. The zero-order valence-electron chi connectivity index (χ0n) is 37.1. The molecule has 0 aliphatic carbocycles. The van der Waals surface area contributed by atoms with Crippen molar-refractivity contribution in [1.82, 2.24) is 0 Å². The third-order valence-corrected chi connectivity index (χ3v) is 10.5. The Morgan fingerprint density at radius 3 is 2.18 bits per heavy atom. The maximum atomic E-state index is 13.6. The minimum atomic E-state index is -1.01. The predicted octanol–water partition coefficient (Wildman–Crippen LogP) is 8.19. The predicted molar refractivity (Wildman–Crippen MR) is 217 cm³/mol. The molecule has 0 bridgehead atoms. The van der Waals surface area contributed by atoms with Crippen LogP contribution < -0.4 is 0 Å². The van der Waals surface area contributed by atoms with E-state index in [2.05, 4.69) is 13.8 Å². The van der Waals surface area contributed by atoms with E-state index in [0.29, 0.717) is 45.7 Å². The SMILES string of the molecule is CCOC(C)OC1CCC(C)(OC(C)OCC)C(O)/C=C/C(C)C(/C(C)=C/C=C/C(C)(CC2OC2C(C)C(CC)OC(C)OCC)OC(C)OCC)OC(=O)C1. The molecule has 2 heterocycles. The standard InChI is InChI=1S/C44H78O12/c1-15-37(52-33(10)48-17-3)31(8)42-38(53-42)28-43(13,55-34(11)49-18-4)25-20-21-29(6)41-30(7)22-23-39(45)44(14,56-35(12)50-19-5)26-24-36(27-40(46)54-41)51-32(9)47-16-2/h20-23,25,30-39,41-42,45H,15-19,24,26-28H2,1-14H3/b23-22+,25-20+,29-21+. The molecule has 1 saturated heterocycles. The number of hydrogen-bond donors (Lipinski definition) is 1. The first-order valence-electron chi connectivity index (χ1n) is 21.1. The molecule has 0 spiro atoms. The highest BCUT2D eigenvalue weighted by Gasteiger charge is 2.49. The maximum absolute atomic E-state index is 13.6. The van der Waals surface area contributed by atoms with Gasteiger partial charge in [-0.25, -0.2) is 0 Å². The minimum absolute atomic E-state index is 0.00262. The van der Waals surface area contributed by atoms with Gasteiger partial charge in [-0.15, -0.1) is 0 Å². The lowest BCUT2D eigenvalue weighted by molar-refractivity contribution is -0.224. The van der Waals surface area contributed by atoms with Crippen LogP contribution in [0.2, 0.25) is 0 Å². The molecule has 326 valence electrons. The van der Waals surface area contributed by atoms with Crippen LogP contribution in [0.1, 0.15) is 129 Å². The number of aliphatic hydroxyl groups is 1. The normalized spacial score (nSPS) is 31.6. The lowest BCUT2D eigenvalue weighted by Crippen LogP contribution is -2.45. The summed E-state index contributed by atoms with van der Waals surface area (Å²) in [6.45, 7) is 29.3. The average Bonchev–Trinajstić information content (AvgIpc) is 3.88. The molecule has 0 saturated carbocycles. The Balaban J connectivity index is 2.38. The highest BCUT2D eigenvalue weighted by atomic mass is 16.7. The molecule has 1 N–H and O–H groups in total. The number of aliphatic hydroxyl groups excluding tert-OH is 1. The molecule has 2 aliphatic heterocycles. The smallest absolute Gasteiger partial charge is 0.309 e. The van der Waals surface area contributed by atoms with E-state index < -0.39 is 48.4 Å². The van der Waals surface area contributed by atoms with Crippen LogP contribution in [-0.2, 0) is 52.2 Å². The number of esters is 1. The Bertz CT molecular complexity index is 1210. The maximum Gasteiger partial charge on any atom is 0.309 e. The summed E-state index contributed by atoms with van der Waals surface area (Å²) < 4.78 is 60.4. The van der Waals surface area contributed by atoms with Gasteiger partial charge in [-0.2, -0.15) is 0 Å². The second kappa shape index (κ2) is 25.0. The van der Waals surface area contributed by atoms with Crippen LogP contribution >= 0.6 is 0 Å². The largest absolute Gasteiger partial charge is 0.457 e. The van der Waals surface area contributed by atoms with Gasteiger partial charge in [0, 0.05) is 44.7 Å². The number of ether oxygens (including phenoxy) is 10. The van der Waals surface area contributed by atoms with Gasteiger partial charge in [-0.1, -0.05) is 51.2 Å². The molecule has 0 aromatic rings. The second-order valence-corrected chi connectivity index (χ2v) is 15.6. The summed E-state index contributed by atoms with van der Waals surface area (Å²) in [4.78, 5) is 13.6. The van der Waals surface area contributed by atoms with Gasteiger partial charge in [-0.3, -0.25) is 4.79 Å². The fourth-order valence-corrected chi connectivity index (χ4v) is 7.52. The number of carbonyl (C=O) groups is 1. The van der Waals surface area contributed by atoms with Gasteiger partial charge in [0.1, 0.15) is 12.2 Å². The fourth-order valence-electron chi connectivity index (χ4n) is 7.52. The van der Waals surface area contributed by atoms with Crippen LogP contribution in [0.25, 0.3) is 0 Å². The van der Waals surface area contributed by atoms with Gasteiger partial charge in [0.15, 0.2) is 25.2 Å². The number of allylic oxidation sites excluding steroid dienone is 2. The Hall–Kier alpha value is -1.71. The number of epoxide rings is 1. The van der Waals surface area contributed by atoms with E-state index in [1.165, 1.54) is 0 Å². The minimum Gasteiger partial charge on any atom is -0.457 e. The summed E-state index contributed by atoms with van der Waals surface area (Å²) in [6, 6.07) is 0. The Kier molecular flexibility index (Phi) is 22.5. The number of hydrogen-bond acceptors (Lipinski definition) is 12. The van der Waals surface area contributed by atoms with E-state index in [1.54, 1.807) is 6.08 Å². The van der Waals surface area contributed by atoms with E-state index >= 15 is 0 Å². The number of cyclic esters (lactones) is 1. The van der Waals surface area contributed by atoms with Gasteiger partial charge in [0.25, 0.3) is 0 Å². The summed E-state index contributed by atoms with van der Waals surface area (Å²) in [5.74, 6) is -0.502. The molecule has 12 heteroatoms. The highest BCUT2D eigenvalue weighted by molar-refractivity contribution is 5.70. The van der Waals surface area contributed by atoms with E-state index in [-0.39, 0.29) is 48.8 Å². The van der Waals surface area contributed by atoms with Crippen LogP contribution in [-0.4, -0.2) is 110 Å². The molecule has 0 amide bonds. The molecular formula is C44H78O12. The fraction of sp³-hybridized carbons (Fsp3) is 0.841. The molecule has 0 aromatic heterocycles. The number of carbonyl (C=O) groups excluding carboxylic acids is 1. The summed E-state index contributed by atoms with van der Waals surface area (Å²) in [5.41, 5.74) is -0.913. The van der Waals surface area contributed by atoms with Crippen molar-refractivity contribution < 1.29 is 57.3 Å². The molecule has 1 fully saturated rings. The van der Waals surface area contributed by atoms with Crippen LogP contribution in [0.5, 0.6) is 0 Å². The molecule has 14 atom stereocenters. The first kappa shape index (κ1) is 50.4. The zero-order chi connectivity index (χ0) is 42.1. The van der Waals surface area contributed by atoms with Crippen molar-refractivity contribution in [3.63, 3.8) is 0 Å². The molecule has 0 aromatic carbocycles. The summed E-state index contributed by atoms with van der Waals surface area (Å²) in [7, 11) is 0. The van der Waals surface area contributed by atoms with Crippen LogP contribution in [0.4, 0.5) is 0 Å². The Morgan fingerprint density at radius 2 is 1.55 bits per heavy atom. The van der Waals surface area contributed by atoms with E-state index in [9.17, 15) is 9.90 Å². The average molecular weight is 799 g/mol. The highest BCUT2D eigenvalue weighted by Crippen LogP contribution is 2.40. The van der Waals surface area contributed by atoms with Gasteiger partial charge in [0.2, 0.25) is 0 Å². The topological polar surface area (TPSA) is 133 Å². The molecule has 0 radical (unpaired) electrons. The Morgan fingerprint density at radius 1 is 0.946 bits per heavy atom. The molecule has 2 aliphatic rings. The molecular weight excluding hydrogens is 720 g/mol. The zero-order valence-corrected chi connectivity index (χ0v) is 37.1. The first-order valence-corrected chi connectivity index (χ1v) is 21.1. The lowest BCUT2D eigenvalue weighted by atomic mass is 9.88. The Labute approximate surface area is 338 Å². The number of rotatable bonds is 24. The van der Waals surface area contributed by atoms with E-state index in [4.69, 9.17) is 47.4 Å². The van der Waals surface area contributed by atoms with E-state index in [0.717, 1.165) is 12.0 Å². The van der Waals surface area contributed by atoms with Crippen molar-refractivity contribution >= 4 is 5.97 Å². The first-order chi connectivity index (χ1) is 26.4. The lowest BCUT2D eigenvalue weighted by Gasteiger charge is -2.37. The van der Waals surface area contributed by atoms with Crippen molar-refractivity contribution in [1.29, 1.82) is 0 Å². The van der Waals surface area contributed by atoms with Crippen molar-refractivity contribution in [3.05, 3.63) is 36.0 Å². The molecule has 2 rings (SSSR count). The summed E-state index contributed by atoms with van der Waals surface area (Å²) >= 11 is 0. The van der Waals surface area contributed by atoms with Crippen molar-refractivity contribution in [2.24, 2.45) is 11.8 Å². The third-order valence-electron chi connectivity index (χ3n) is 10.5. The van der Waals surface area contributed by atoms with Gasteiger partial charge in [-0.05, 0) is 101 Å². The van der Waals surface area contributed by atoms with Crippen LogP contribution in [0, 0.1) is 11.8 Å². The van der Waals surface area contributed by atoms with Gasteiger partial charge in [0.05, 0.1) is 42.0 Å². The van der Waals surface area contributed by atoms with Crippen LogP contribution in [0.3, 0.4) is 0 Å². The van der Waals surface area contributed by atoms with Crippen molar-refractivity contribution in [3.8, 4) is 0 Å². The quantitative estimate of drug-likeness (QED) is 0.0332.